The van der Waals surface area contributed by atoms with Gasteiger partial charge >= 0.3 is 0 Å². The Labute approximate surface area is 180 Å². The first-order valence-corrected chi connectivity index (χ1v) is 10.5. The molecule has 0 N–H and O–H groups in total. The molecule has 3 aromatic carbocycles. The van der Waals surface area contributed by atoms with Gasteiger partial charge in [-0.3, -0.25) is 0 Å². The Balaban J connectivity index is -0.000000310. The summed E-state index contributed by atoms with van der Waals surface area (Å²) in [4.78, 5) is 0. The van der Waals surface area contributed by atoms with Crippen LogP contribution in [0, 0.1) is 6.92 Å². The molecule has 0 aromatic heterocycles. The Morgan fingerprint density at radius 1 is 0.414 bits per heavy atom. The summed E-state index contributed by atoms with van der Waals surface area (Å²) in [5.41, 5.74) is 1.32. The molecule has 0 amide bonds. The van der Waals surface area contributed by atoms with Gasteiger partial charge in [-0.15, -0.1) is 0 Å². The molecular weight excluding hydrogens is 356 g/mol. The molecule has 0 spiro atoms. The van der Waals surface area contributed by atoms with E-state index in [-0.39, 0.29) is 0 Å². The summed E-state index contributed by atoms with van der Waals surface area (Å²) in [7, 11) is 3.32. The van der Waals surface area contributed by atoms with E-state index in [0.29, 0.717) is 0 Å². The first kappa shape index (κ1) is 31.0. The molecule has 0 aliphatic rings. The third kappa shape index (κ3) is 21.4. The SMILES string of the molecule is CC.CC.CC.COc1ccccc1.COc1ccccc1.Cc1ccccc1. The van der Waals surface area contributed by atoms with Crippen LogP contribution in [0.4, 0.5) is 0 Å². The van der Waals surface area contributed by atoms with Crippen LogP contribution in [-0.4, -0.2) is 14.2 Å². The minimum Gasteiger partial charge on any atom is -0.497 e. The Hall–Kier alpha value is -2.74. The molecule has 0 radical (unpaired) electrons. The molecule has 0 heterocycles. The van der Waals surface area contributed by atoms with Gasteiger partial charge in [-0.1, -0.05) is 114 Å². The molecule has 162 valence electrons. The fourth-order valence-corrected chi connectivity index (χ4v) is 1.65. The Kier molecular flexibility index (Phi) is 29.3. The minimum atomic E-state index is 0.910. The standard InChI is InChI=1S/2C7H8O.C7H8.3C2H6/c2*1-8-7-5-3-2-4-6-7;1-7-5-3-2-4-6-7;3*1-2/h2*2-6H,1H3;2-6H,1H3;3*1-2H3. The van der Waals surface area contributed by atoms with Crippen LogP contribution in [0.1, 0.15) is 47.1 Å². The molecule has 29 heavy (non-hydrogen) atoms. The lowest BCUT2D eigenvalue weighted by atomic mass is 10.2. The molecule has 0 saturated carbocycles. The number of para-hydroxylation sites is 2. The number of hydrogen-bond acceptors (Lipinski definition) is 2. The molecule has 0 saturated heterocycles. The average Bonchev–Trinajstić information content (AvgIpc) is 2.85. The summed E-state index contributed by atoms with van der Waals surface area (Å²) >= 11 is 0. The maximum atomic E-state index is 4.91. The summed E-state index contributed by atoms with van der Waals surface area (Å²) in [6.07, 6.45) is 0. The van der Waals surface area contributed by atoms with Crippen LogP contribution in [0.3, 0.4) is 0 Å². The van der Waals surface area contributed by atoms with E-state index in [1.54, 1.807) is 14.2 Å². The molecule has 3 aromatic rings. The minimum absolute atomic E-state index is 0.910. The topological polar surface area (TPSA) is 18.5 Å². The highest BCUT2D eigenvalue weighted by Crippen LogP contribution is 2.06. The van der Waals surface area contributed by atoms with Crippen LogP contribution in [0.25, 0.3) is 0 Å². The zero-order valence-corrected chi connectivity index (χ0v) is 20.0. The average molecular weight is 399 g/mol. The van der Waals surface area contributed by atoms with Crippen LogP contribution in [0.15, 0.2) is 91.0 Å². The number of rotatable bonds is 2. The fourth-order valence-electron chi connectivity index (χ4n) is 1.65. The number of ether oxygens (including phenoxy) is 2. The Morgan fingerprint density at radius 3 is 0.793 bits per heavy atom. The molecule has 0 bridgehead atoms. The Bertz CT molecular complexity index is 568. The number of benzene rings is 3. The van der Waals surface area contributed by atoms with Crippen LogP contribution in [0.5, 0.6) is 11.5 Å². The van der Waals surface area contributed by atoms with Crippen LogP contribution in [-0.2, 0) is 0 Å². The quantitative estimate of drug-likeness (QED) is 0.431. The third-order valence-corrected chi connectivity index (χ3v) is 2.90. The predicted molar refractivity (Wildman–Crippen MR) is 131 cm³/mol. The monoisotopic (exact) mass is 398 g/mol. The smallest absolute Gasteiger partial charge is 0.118 e. The van der Waals surface area contributed by atoms with Gasteiger partial charge in [-0.2, -0.15) is 0 Å². The maximum Gasteiger partial charge on any atom is 0.118 e. The molecule has 0 aliphatic heterocycles. The zero-order valence-electron chi connectivity index (χ0n) is 20.0. The van der Waals surface area contributed by atoms with E-state index in [1.807, 2.05) is 120 Å². The highest BCUT2D eigenvalue weighted by Gasteiger charge is 1.81. The molecule has 0 unspecified atom stereocenters. The van der Waals surface area contributed by atoms with E-state index in [9.17, 15) is 0 Å². The Morgan fingerprint density at radius 2 is 0.655 bits per heavy atom. The number of aryl methyl sites for hydroxylation is 1. The van der Waals surface area contributed by atoms with Gasteiger partial charge in [-0.05, 0) is 31.2 Å². The van der Waals surface area contributed by atoms with E-state index >= 15 is 0 Å². The highest BCUT2D eigenvalue weighted by atomic mass is 16.5. The third-order valence-electron chi connectivity index (χ3n) is 2.90. The van der Waals surface area contributed by atoms with E-state index in [4.69, 9.17) is 9.47 Å². The summed E-state index contributed by atoms with van der Waals surface area (Å²) < 4.78 is 9.83. The second-order valence-electron chi connectivity index (χ2n) is 4.69. The molecule has 2 nitrogen and oxygen atoms in total. The van der Waals surface area contributed by atoms with Gasteiger partial charge in [0.05, 0.1) is 14.2 Å². The number of hydrogen-bond donors (Lipinski definition) is 0. The molecule has 2 heteroatoms. The van der Waals surface area contributed by atoms with Crippen LogP contribution >= 0.6 is 0 Å². The largest absolute Gasteiger partial charge is 0.497 e. The van der Waals surface area contributed by atoms with Crippen molar-refractivity contribution in [3.63, 3.8) is 0 Å². The van der Waals surface area contributed by atoms with Gasteiger partial charge in [0.25, 0.3) is 0 Å². The van der Waals surface area contributed by atoms with Crippen molar-refractivity contribution in [1.29, 1.82) is 0 Å². The number of methoxy groups -OCH3 is 2. The van der Waals surface area contributed by atoms with E-state index in [1.165, 1.54) is 5.56 Å². The second-order valence-corrected chi connectivity index (χ2v) is 4.69. The summed E-state index contributed by atoms with van der Waals surface area (Å²) in [6.45, 7) is 14.1. The lowest BCUT2D eigenvalue weighted by molar-refractivity contribution is 0.414. The normalized spacial score (nSPS) is 7.48. The van der Waals surface area contributed by atoms with Gasteiger partial charge < -0.3 is 9.47 Å². The van der Waals surface area contributed by atoms with Crippen molar-refractivity contribution in [1.82, 2.24) is 0 Å². The highest BCUT2D eigenvalue weighted by molar-refractivity contribution is 5.21. The van der Waals surface area contributed by atoms with Crippen molar-refractivity contribution in [2.45, 2.75) is 48.5 Å². The first-order chi connectivity index (χ1) is 14.3. The molecule has 0 aliphatic carbocycles. The zero-order chi connectivity index (χ0) is 22.8. The van der Waals surface area contributed by atoms with Gasteiger partial charge in [0.1, 0.15) is 11.5 Å². The van der Waals surface area contributed by atoms with Gasteiger partial charge in [0.15, 0.2) is 0 Å². The van der Waals surface area contributed by atoms with E-state index in [0.717, 1.165) is 11.5 Å². The maximum absolute atomic E-state index is 4.91. The van der Waals surface area contributed by atoms with Crippen molar-refractivity contribution in [3.8, 4) is 11.5 Å². The van der Waals surface area contributed by atoms with Gasteiger partial charge in [0, 0.05) is 0 Å². The lowest BCUT2D eigenvalue weighted by Gasteiger charge is -1.93. The molecule has 0 fully saturated rings. The second kappa shape index (κ2) is 27.5. The van der Waals surface area contributed by atoms with Gasteiger partial charge in [0.2, 0.25) is 0 Å². The van der Waals surface area contributed by atoms with Crippen molar-refractivity contribution < 1.29 is 9.47 Å². The van der Waals surface area contributed by atoms with Gasteiger partial charge in [-0.25, -0.2) is 0 Å². The fraction of sp³-hybridized carbons (Fsp3) is 0.333. The molecule has 3 rings (SSSR count). The summed E-state index contributed by atoms with van der Waals surface area (Å²) in [5, 5.41) is 0. The van der Waals surface area contributed by atoms with E-state index < -0.39 is 0 Å². The first-order valence-electron chi connectivity index (χ1n) is 10.5. The van der Waals surface area contributed by atoms with Crippen molar-refractivity contribution >= 4 is 0 Å². The summed E-state index contributed by atoms with van der Waals surface area (Å²) in [6, 6.07) is 29.6. The molecular formula is C27H42O2. The van der Waals surface area contributed by atoms with Crippen LogP contribution in [0.2, 0.25) is 0 Å². The van der Waals surface area contributed by atoms with Crippen molar-refractivity contribution in [2.24, 2.45) is 0 Å². The molecule has 0 atom stereocenters. The van der Waals surface area contributed by atoms with Crippen LogP contribution < -0.4 is 9.47 Å². The lowest BCUT2D eigenvalue weighted by Crippen LogP contribution is -1.78. The summed E-state index contributed by atoms with van der Waals surface area (Å²) in [5.74, 6) is 1.82. The van der Waals surface area contributed by atoms with Crippen molar-refractivity contribution in [2.75, 3.05) is 14.2 Å². The van der Waals surface area contributed by atoms with Crippen molar-refractivity contribution in [3.05, 3.63) is 96.6 Å². The van der Waals surface area contributed by atoms with E-state index in [2.05, 4.69) is 19.1 Å². The predicted octanol–water partition coefficient (Wildman–Crippen LogP) is 8.46.